The number of esters is 1. The second-order valence-electron chi connectivity index (χ2n) is 6.31. The number of carbonyl (C=O) groups excluding carboxylic acids is 1. The van der Waals surface area contributed by atoms with E-state index in [1.54, 1.807) is 0 Å². The Labute approximate surface area is 109 Å². The number of ether oxygens (including phenoxy) is 1. The third-order valence-corrected chi connectivity index (χ3v) is 3.57. The van der Waals surface area contributed by atoms with Gasteiger partial charge in [0.25, 0.3) is 0 Å². The highest BCUT2D eigenvalue weighted by atomic mass is 16.6. The Bertz CT molecular complexity index is 450. The van der Waals surface area contributed by atoms with Crippen LogP contribution >= 0.6 is 0 Å². The molecule has 1 aromatic carbocycles. The first-order valence-corrected chi connectivity index (χ1v) is 6.64. The first-order chi connectivity index (χ1) is 8.33. The molecule has 2 rings (SSSR count). The largest absolute Gasteiger partial charge is 0.459 e. The van der Waals surface area contributed by atoms with Crippen molar-refractivity contribution in [2.45, 2.75) is 58.0 Å². The van der Waals surface area contributed by atoms with Crippen molar-refractivity contribution in [3.8, 4) is 0 Å². The van der Waals surface area contributed by atoms with Gasteiger partial charge in [-0.15, -0.1) is 0 Å². The molecule has 2 heteroatoms. The van der Waals surface area contributed by atoms with Crippen LogP contribution in [0.2, 0.25) is 0 Å². The smallest absolute Gasteiger partial charge is 0.317 e. The molecular weight excluding hydrogens is 224 g/mol. The van der Waals surface area contributed by atoms with Gasteiger partial charge in [-0.05, 0) is 46.1 Å². The molecule has 18 heavy (non-hydrogen) atoms. The monoisotopic (exact) mass is 246 g/mol. The summed E-state index contributed by atoms with van der Waals surface area (Å²) in [5.41, 5.74) is 1.51. The lowest BCUT2D eigenvalue weighted by molar-refractivity contribution is -0.166. The van der Waals surface area contributed by atoms with E-state index in [4.69, 9.17) is 4.74 Å². The molecule has 0 radical (unpaired) electrons. The summed E-state index contributed by atoms with van der Waals surface area (Å²) < 4.78 is 5.60. The Hall–Kier alpha value is -1.31. The fraction of sp³-hybridized carbons (Fsp3) is 0.562. The Kier molecular flexibility index (Phi) is 3.22. The highest BCUT2D eigenvalue weighted by Gasteiger charge is 2.48. The van der Waals surface area contributed by atoms with Crippen LogP contribution in [0.15, 0.2) is 24.3 Å². The fourth-order valence-electron chi connectivity index (χ4n) is 2.46. The van der Waals surface area contributed by atoms with E-state index in [-0.39, 0.29) is 11.4 Å². The zero-order valence-electron chi connectivity index (χ0n) is 11.7. The van der Waals surface area contributed by atoms with E-state index in [0.717, 1.165) is 24.8 Å². The Morgan fingerprint density at radius 3 is 2.39 bits per heavy atom. The van der Waals surface area contributed by atoms with Crippen LogP contribution in [0.25, 0.3) is 0 Å². The third kappa shape index (κ3) is 2.43. The minimum atomic E-state index is -0.413. The predicted octanol–water partition coefficient (Wildman–Crippen LogP) is 3.76. The molecule has 0 spiro atoms. The van der Waals surface area contributed by atoms with Crippen molar-refractivity contribution in [3.05, 3.63) is 35.4 Å². The Morgan fingerprint density at radius 1 is 1.28 bits per heavy atom. The van der Waals surface area contributed by atoms with E-state index in [1.807, 2.05) is 26.8 Å². The van der Waals surface area contributed by atoms with Crippen LogP contribution in [-0.2, 0) is 14.9 Å². The van der Waals surface area contributed by atoms with Crippen molar-refractivity contribution in [1.29, 1.82) is 0 Å². The first kappa shape index (κ1) is 13.1. The van der Waals surface area contributed by atoms with Gasteiger partial charge in [0.15, 0.2) is 0 Å². The molecule has 0 atom stereocenters. The lowest BCUT2D eigenvalue weighted by Gasteiger charge is -2.41. The summed E-state index contributed by atoms with van der Waals surface area (Å²) in [6, 6.07) is 8.25. The quantitative estimate of drug-likeness (QED) is 0.743. The summed E-state index contributed by atoms with van der Waals surface area (Å²) in [7, 11) is 0. The van der Waals surface area contributed by atoms with Crippen LogP contribution in [-0.4, -0.2) is 11.6 Å². The maximum absolute atomic E-state index is 12.5. The topological polar surface area (TPSA) is 26.3 Å². The van der Waals surface area contributed by atoms with Gasteiger partial charge in [-0.1, -0.05) is 36.2 Å². The summed E-state index contributed by atoms with van der Waals surface area (Å²) >= 11 is 0. The summed E-state index contributed by atoms with van der Waals surface area (Å²) in [5.74, 6) is -0.0631. The van der Waals surface area contributed by atoms with Gasteiger partial charge in [0.1, 0.15) is 5.60 Å². The van der Waals surface area contributed by atoms with Gasteiger partial charge in [-0.25, -0.2) is 0 Å². The van der Waals surface area contributed by atoms with Crippen LogP contribution in [0.1, 0.15) is 51.2 Å². The molecule has 0 bridgehead atoms. The molecular formula is C16H22O2. The van der Waals surface area contributed by atoms with Crippen molar-refractivity contribution in [3.63, 3.8) is 0 Å². The summed E-state index contributed by atoms with van der Waals surface area (Å²) in [5, 5.41) is 0. The van der Waals surface area contributed by atoms with Crippen LogP contribution in [0.5, 0.6) is 0 Å². The molecule has 1 saturated carbocycles. The van der Waals surface area contributed by atoms with Crippen molar-refractivity contribution in [2.75, 3.05) is 0 Å². The van der Waals surface area contributed by atoms with Gasteiger partial charge in [-0.3, -0.25) is 4.79 Å². The van der Waals surface area contributed by atoms with E-state index in [9.17, 15) is 4.79 Å². The van der Waals surface area contributed by atoms with Crippen LogP contribution in [0.4, 0.5) is 0 Å². The molecule has 1 aromatic rings. The van der Waals surface area contributed by atoms with E-state index >= 15 is 0 Å². The highest BCUT2D eigenvalue weighted by Crippen LogP contribution is 2.45. The SMILES string of the molecule is Cc1cccc(C2(C(=O)OC(C)(C)C)CCC2)c1. The molecule has 98 valence electrons. The Morgan fingerprint density at radius 2 is 1.94 bits per heavy atom. The minimum absolute atomic E-state index is 0.0631. The van der Waals surface area contributed by atoms with Gasteiger partial charge in [0, 0.05) is 0 Å². The molecule has 0 N–H and O–H groups in total. The second kappa shape index (κ2) is 4.42. The normalized spacial score (nSPS) is 18.0. The van der Waals surface area contributed by atoms with E-state index < -0.39 is 5.60 Å². The molecule has 0 aromatic heterocycles. The van der Waals surface area contributed by atoms with Gasteiger partial charge >= 0.3 is 5.97 Å². The van der Waals surface area contributed by atoms with Gasteiger partial charge in [-0.2, -0.15) is 0 Å². The second-order valence-corrected chi connectivity index (χ2v) is 6.31. The summed E-state index contributed by atoms with van der Waals surface area (Å²) in [6.07, 6.45) is 2.92. The number of benzene rings is 1. The predicted molar refractivity (Wildman–Crippen MR) is 72.6 cm³/mol. The lowest BCUT2D eigenvalue weighted by atomic mass is 9.64. The van der Waals surface area contributed by atoms with Crippen molar-refractivity contribution in [1.82, 2.24) is 0 Å². The number of carbonyl (C=O) groups is 1. The number of hydrogen-bond acceptors (Lipinski definition) is 2. The van der Waals surface area contributed by atoms with Crippen molar-refractivity contribution in [2.24, 2.45) is 0 Å². The minimum Gasteiger partial charge on any atom is -0.459 e. The molecule has 0 unspecified atom stereocenters. The molecule has 0 amide bonds. The molecule has 0 saturated heterocycles. The zero-order valence-corrected chi connectivity index (χ0v) is 11.7. The molecule has 0 heterocycles. The Balaban J connectivity index is 2.29. The molecule has 1 aliphatic carbocycles. The number of hydrogen-bond donors (Lipinski definition) is 0. The average molecular weight is 246 g/mol. The molecule has 1 aliphatic rings. The van der Waals surface area contributed by atoms with E-state index in [0.29, 0.717) is 0 Å². The standard InChI is InChI=1S/C16H22O2/c1-12-7-5-8-13(11-12)16(9-6-10-16)14(17)18-15(2,3)4/h5,7-8,11H,6,9-10H2,1-4H3. The van der Waals surface area contributed by atoms with Crippen molar-refractivity contribution >= 4 is 5.97 Å². The maximum atomic E-state index is 12.5. The maximum Gasteiger partial charge on any atom is 0.317 e. The molecule has 2 nitrogen and oxygen atoms in total. The lowest BCUT2D eigenvalue weighted by Crippen LogP contribution is -2.46. The van der Waals surface area contributed by atoms with Crippen LogP contribution in [0, 0.1) is 6.92 Å². The first-order valence-electron chi connectivity index (χ1n) is 6.64. The fourth-order valence-corrected chi connectivity index (χ4v) is 2.46. The van der Waals surface area contributed by atoms with Crippen LogP contribution < -0.4 is 0 Å². The van der Waals surface area contributed by atoms with Gasteiger partial charge in [0.05, 0.1) is 5.41 Å². The summed E-state index contributed by atoms with van der Waals surface area (Å²) in [6.45, 7) is 7.83. The zero-order chi connectivity index (χ0) is 13.4. The molecule has 0 aliphatic heterocycles. The van der Waals surface area contributed by atoms with Gasteiger partial charge in [0.2, 0.25) is 0 Å². The third-order valence-electron chi connectivity index (χ3n) is 3.57. The summed E-state index contributed by atoms with van der Waals surface area (Å²) in [4.78, 5) is 12.5. The van der Waals surface area contributed by atoms with Crippen molar-refractivity contribution < 1.29 is 9.53 Å². The highest BCUT2D eigenvalue weighted by molar-refractivity contribution is 5.84. The number of aryl methyl sites for hydroxylation is 1. The van der Waals surface area contributed by atoms with Gasteiger partial charge < -0.3 is 4.74 Å². The van der Waals surface area contributed by atoms with E-state index in [1.165, 1.54) is 5.56 Å². The average Bonchev–Trinajstić information content (AvgIpc) is 2.12. The molecule has 1 fully saturated rings. The number of rotatable bonds is 2. The van der Waals surface area contributed by atoms with Crippen LogP contribution in [0.3, 0.4) is 0 Å². The van der Waals surface area contributed by atoms with E-state index in [2.05, 4.69) is 25.1 Å².